The molecule has 4 heterocycles. The molecule has 1 aromatic carbocycles. The lowest BCUT2D eigenvalue weighted by Crippen LogP contribution is -2.58. The minimum Gasteiger partial charge on any atom is -0.373 e. The van der Waals surface area contributed by atoms with Gasteiger partial charge in [-0.25, -0.2) is 9.37 Å². The molecule has 2 atom stereocenters. The molecule has 2 saturated heterocycles. The summed E-state index contributed by atoms with van der Waals surface area (Å²) in [5, 5.41) is 12.7. The smallest absolute Gasteiger partial charge is 0.141 e. The van der Waals surface area contributed by atoms with E-state index in [1.54, 1.807) is 18.3 Å². The van der Waals surface area contributed by atoms with Crippen LogP contribution in [0.2, 0.25) is 0 Å². The summed E-state index contributed by atoms with van der Waals surface area (Å²) >= 11 is 0. The van der Waals surface area contributed by atoms with Gasteiger partial charge in [0, 0.05) is 55.4 Å². The first-order valence-corrected chi connectivity index (χ1v) is 11.5. The van der Waals surface area contributed by atoms with Gasteiger partial charge in [-0.1, -0.05) is 18.2 Å². The number of hydrogen-bond acceptors (Lipinski definition) is 6. The number of aromatic nitrogens is 2. The highest BCUT2D eigenvalue weighted by Gasteiger charge is 2.33. The molecule has 2 aliphatic heterocycles. The first kappa shape index (κ1) is 22.2. The number of morpholine rings is 1. The average Bonchev–Trinajstić information content (AvgIpc) is 2.86. The van der Waals surface area contributed by atoms with Gasteiger partial charge in [-0.3, -0.25) is 4.98 Å². The zero-order valence-corrected chi connectivity index (χ0v) is 19.0. The van der Waals surface area contributed by atoms with Crippen LogP contribution in [0.3, 0.4) is 0 Å². The second-order valence-electron chi connectivity index (χ2n) is 8.77. The Morgan fingerprint density at radius 1 is 1.24 bits per heavy atom. The number of anilines is 1. The quantitative estimate of drug-likeness (QED) is 0.636. The molecule has 0 bridgehead atoms. The zero-order chi connectivity index (χ0) is 23.5. The van der Waals surface area contributed by atoms with Crippen LogP contribution in [0.4, 0.5) is 10.1 Å². The Morgan fingerprint density at radius 3 is 3.00 bits per heavy atom. The van der Waals surface area contributed by atoms with E-state index in [1.165, 1.54) is 6.07 Å². The molecule has 172 valence electrons. The third-order valence-electron chi connectivity index (χ3n) is 6.37. The fourth-order valence-electron chi connectivity index (χ4n) is 4.82. The first-order chi connectivity index (χ1) is 16.6. The van der Waals surface area contributed by atoms with Crippen LogP contribution in [-0.2, 0) is 4.74 Å². The SMILES string of the molecule is Cc1cc(F)cc(-c2cncc(C=Cc3ccnc(C#N)c3)c2N2CC[C@H]3NCCO[C@@H]3C2)c1. The normalized spacial score (nSPS) is 20.2. The lowest BCUT2D eigenvalue weighted by Gasteiger charge is -2.43. The van der Waals surface area contributed by atoms with Crippen molar-refractivity contribution in [2.24, 2.45) is 0 Å². The Hall–Kier alpha value is -3.60. The number of pyridine rings is 2. The van der Waals surface area contributed by atoms with Crippen LogP contribution in [0.25, 0.3) is 23.3 Å². The summed E-state index contributed by atoms with van der Waals surface area (Å²) in [6.07, 6.45) is 10.3. The highest BCUT2D eigenvalue weighted by molar-refractivity contribution is 5.87. The Kier molecular flexibility index (Phi) is 6.35. The van der Waals surface area contributed by atoms with Crippen LogP contribution in [0.1, 0.15) is 28.8 Å². The Bertz CT molecular complexity index is 1250. The van der Waals surface area contributed by atoms with E-state index in [0.29, 0.717) is 18.3 Å². The molecule has 5 rings (SSSR count). The Morgan fingerprint density at radius 2 is 2.15 bits per heavy atom. The van der Waals surface area contributed by atoms with E-state index >= 15 is 0 Å². The number of piperidine rings is 1. The topological polar surface area (TPSA) is 74.1 Å². The van der Waals surface area contributed by atoms with E-state index in [-0.39, 0.29) is 11.9 Å². The summed E-state index contributed by atoms with van der Waals surface area (Å²) in [6, 6.07) is 11.1. The molecule has 7 heteroatoms. The molecule has 0 radical (unpaired) electrons. The van der Waals surface area contributed by atoms with Crippen LogP contribution in [0.15, 0.2) is 48.9 Å². The minimum atomic E-state index is -0.263. The maximum atomic E-state index is 14.3. The van der Waals surface area contributed by atoms with E-state index in [1.807, 2.05) is 43.6 Å². The van der Waals surface area contributed by atoms with Gasteiger partial charge in [-0.15, -0.1) is 0 Å². The highest BCUT2D eigenvalue weighted by atomic mass is 19.1. The van der Waals surface area contributed by atoms with Gasteiger partial charge in [-0.2, -0.15) is 5.26 Å². The van der Waals surface area contributed by atoms with Crippen molar-refractivity contribution in [1.29, 1.82) is 5.26 Å². The molecular formula is C27H26FN5O. The van der Waals surface area contributed by atoms with Gasteiger partial charge in [0.05, 0.1) is 18.4 Å². The summed E-state index contributed by atoms with van der Waals surface area (Å²) in [6.45, 7) is 5.09. The number of halogens is 1. The van der Waals surface area contributed by atoms with Crippen LogP contribution < -0.4 is 10.2 Å². The van der Waals surface area contributed by atoms with Gasteiger partial charge < -0.3 is 15.0 Å². The number of nitrogens with zero attached hydrogens (tertiary/aromatic N) is 4. The van der Waals surface area contributed by atoms with Gasteiger partial charge >= 0.3 is 0 Å². The number of ether oxygens (including phenoxy) is 1. The minimum absolute atomic E-state index is 0.105. The first-order valence-electron chi connectivity index (χ1n) is 11.5. The molecule has 6 nitrogen and oxygen atoms in total. The van der Waals surface area contributed by atoms with Crippen molar-refractivity contribution in [3.8, 4) is 17.2 Å². The molecule has 34 heavy (non-hydrogen) atoms. The van der Waals surface area contributed by atoms with Crippen molar-refractivity contribution in [2.75, 3.05) is 31.1 Å². The van der Waals surface area contributed by atoms with Gasteiger partial charge in [0.2, 0.25) is 0 Å². The lowest BCUT2D eigenvalue weighted by molar-refractivity contribution is -0.00901. The summed E-state index contributed by atoms with van der Waals surface area (Å²) in [5.41, 5.74) is 5.74. The van der Waals surface area contributed by atoms with E-state index in [4.69, 9.17) is 10.00 Å². The van der Waals surface area contributed by atoms with Crippen molar-refractivity contribution in [2.45, 2.75) is 25.5 Å². The lowest BCUT2D eigenvalue weighted by atomic mass is 9.95. The molecule has 2 fully saturated rings. The van der Waals surface area contributed by atoms with Crippen LogP contribution in [0, 0.1) is 24.1 Å². The van der Waals surface area contributed by atoms with Gasteiger partial charge in [-0.05, 0) is 54.3 Å². The van der Waals surface area contributed by atoms with Crippen LogP contribution in [-0.4, -0.2) is 48.4 Å². The number of nitriles is 1. The molecule has 3 aromatic rings. The number of fused-ring (bicyclic) bond motifs is 1. The second-order valence-corrected chi connectivity index (χ2v) is 8.77. The van der Waals surface area contributed by atoms with Crippen molar-refractivity contribution in [1.82, 2.24) is 15.3 Å². The zero-order valence-electron chi connectivity index (χ0n) is 19.0. The van der Waals surface area contributed by atoms with E-state index in [2.05, 4.69) is 26.3 Å². The molecule has 1 N–H and O–H groups in total. The van der Waals surface area contributed by atoms with Crippen molar-refractivity contribution in [3.63, 3.8) is 0 Å². The number of rotatable bonds is 4. The third kappa shape index (κ3) is 4.69. The van der Waals surface area contributed by atoms with Crippen molar-refractivity contribution >= 4 is 17.8 Å². The number of nitrogens with one attached hydrogen (secondary N) is 1. The molecule has 0 spiro atoms. The third-order valence-corrected chi connectivity index (χ3v) is 6.37. The van der Waals surface area contributed by atoms with Crippen molar-refractivity contribution in [3.05, 3.63) is 77.1 Å². The molecule has 0 amide bonds. The summed E-state index contributed by atoms with van der Waals surface area (Å²) < 4.78 is 20.4. The van der Waals surface area contributed by atoms with E-state index < -0.39 is 0 Å². The molecule has 2 aromatic heterocycles. The average molecular weight is 456 g/mol. The molecule has 0 unspecified atom stereocenters. The molecule has 0 saturated carbocycles. The maximum absolute atomic E-state index is 14.3. The Labute approximate surface area is 198 Å². The van der Waals surface area contributed by atoms with E-state index in [9.17, 15) is 4.39 Å². The van der Waals surface area contributed by atoms with E-state index in [0.717, 1.165) is 59.6 Å². The molecule has 0 aliphatic carbocycles. The van der Waals surface area contributed by atoms with Gasteiger partial charge in [0.15, 0.2) is 0 Å². The number of benzene rings is 1. The van der Waals surface area contributed by atoms with Gasteiger partial charge in [0.1, 0.15) is 17.6 Å². The van der Waals surface area contributed by atoms with Crippen LogP contribution >= 0.6 is 0 Å². The van der Waals surface area contributed by atoms with Crippen LogP contribution in [0.5, 0.6) is 0 Å². The second kappa shape index (κ2) is 9.72. The standard InChI is InChI=1S/C27H26FN5O/c1-18-10-21(13-22(28)11-18)24-16-30-15-20(3-2-19-4-6-31-23(12-19)14-29)27(24)33-8-5-25-26(17-33)34-9-7-32-25/h2-4,6,10-13,15-16,25-26,32H,5,7-9,17H2,1H3/t25-,26-/m1/s1. The maximum Gasteiger partial charge on any atom is 0.141 e. The fourth-order valence-corrected chi connectivity index (χ4v) is 4.82. The number of hydrogen-bond donors (Lipinski definition) is 1. The highest BCUT2D eigenvalue weighted by Crippen LogP contribution is 2.37. The molecule has 2 aliphatic rings. The summed E-state index contributed by atoms with van der Waals surface area (Å²) in [4.78, 5) is 10.9. The summed E-state index contributed by atoms with van der Waals surface area (Å²) in [7, 11) is 0. The number of aryl methyl sites for hydroxylation is 1. The predicted molar refractivity (Wildman–Crippen MR) is 131 cm³/mol. The predicted octanol–water partition coefficient (Wildman–Crippen LogP) is 4.20. The Balaban J connectivity index is 1.58. The fraction of sp³-hybridized carbons (Fsp3) is 0.296. The van der Waals surface area contributed by atoms with Crippen molar-refractivity contribution < 1.29 is 9.13 Å². The monoisotopic (exact) mass is 455 g/mol. The summed E-state index contributed by atoms with van der Waals surface area (Å²) in [5.74, 6) is -0.263. The largest absolute Gasteiger partial charge is 0.373 e. The van der Waals surface area contributed by atoms with Gasteiger partial charge in [0.25, 0.3) is 0 Å². The molecular weight excluding hydrogens is 429 g/mol.